The zero-order chi connectivity index (χ0) is 14.7. The molecule has 3 N–H and O–H groups in total. The molecule has 0 aromatic heterocycles. The maximum absolute atomic E-state index is 11.5. The summed E-state index contributed by atoms with van der Waals surface area (Å²) in [6, 6.07) is 0. The maximum Gasteiger partial charge on any atom is 0.373 e. The Hall–Kier alpha value is -0.970. The summed E-state index contributed by atoms with van der Waals surface area (Å²) in [6.07, 6.45) is 9.83. The van der Waals surface area contributed by atoms with E-state index in [4.69, 9.17) is 0 Å². The predicted molar refractivity (Wildman–Crippen MR) is 79.8 cm³/mol. The number of aliphatic imine (C=N–C) groups is 2. The van der Waals surface area contributed by atoms with Gasteiger partial charge in [0, 0.05) is 5.41 Å². The lowest BCUT2D eigenvalue weighted by Crippen LogP contribution is -2.53. The van der Waals surface area contributed by atoms with Gasteiger partial charge in [-0.3, -0.25) is 4.57 Å². The van der Waals surface area contributed by atoms with Crippen LogP contribution in [0.25, 0.3) is 0 Å². The Morgan fingerprint density at radius 3 is 2.24 bits per heavy atom. The molecule has 1 heterocycles. The van der Waals surface area contributed by atoms with Gasteiger partial charge in [-0.1, -0.05) is 0 Å². The molecular formula is C14H20N3O3P. The average molecular weight is 309 g/mol. The summed E-state index contributed by atoms with van der Waals surface area (Å²) < 4.78 is 11.5. The molecule has 0 atom stereocenters. The number of nitrogens with one attached hydrogen (secondary N) is 1. The molecule has 5 rings (SSSR count). The first-order valence-corrected chi connectivity index (χ1v) is 9.19. The SMILES string of the molecule is O=P(O)(O)C1=CN=CN=C(C23CC4CC(CC(C4)C2)C3)N1. The van der Waals surface area contributed by atoms with Gasteiger partial charge in [0.2, 0.25) is 0 Å². The van der Waals surface area contributed by atoms with Crippen LogP contribution in [0, 0.1) is 23.2 Å². The average Bonchev–Trinajstić information content (AvgIpc) is 2.62. The number of amidine groups is 1. The second-order valence-corrected chi connectivity index (χ2v) is 8.69. The molecular weight excluding hydrogens is 289 g/mol. The predicted octanol–water partition coefficient (Wildman–Crippen LogP) is 2.21. The number of nitrogens with zero attached hydrogens (tertiary/aromatic N) is 2. The van der Waals surface area contributed by atoms with Gasteiger partial charge < -0.3 is 15.1 Å². The van der Waals surface area contributed by atoms with E-state index in [2.05, 4.69) is 15.3 Å². The highest BCUT2D eigenvalue weighted by Crippen LogP contribution is 2.60. The van der Waals surface area contributed by atoms with E-state index < -0.39 is 7.60 Å². The lowest BCUT2D eigenvalue weighted by molar-refractivity contribution is -0.0136. The summed E-state index contributed by atoms with van der Waals surface area (Å²) in [4.78, 5) is 27.1. The van der Waals surface area contributed by atoms with Crippen molar-refractivity contribution in [2.45, 2.75) is 38.5 Å². The Bertz CT molecular complexity index is 569. The van der Waals surface area contributed by atoms with Crippen LogP contribution in [0.3, 0.4) is 0 Å². The second-order valence-electron chi connectivity index (χ2n) is 7.12. The third-order valence-corrected chi connectivity index (χ3v) is 6.41. The van der Waals surface area contributed by atoms with Gasteiger partial charge in [0.25, 0.3) is 0 Å². The third kappa shape index (κ3) is 2.30. The molecule has 0 unspecified atom stereocenters. The van der Waals surface area contributed by atoms with Gasteiger partial charge in [0.15, 0.2) is 0 Å². The Labute approximate surface area is 123 Å². The van der Waals surface area contributed by atoms with Gasteiger partial charge in [-0.2, -0.15) is 0 Å². The van der Waals surface area contributed by atoms with E-state index in [0.29, 0.717) is 0 Å². The minimum absolute atomic E-state index is 0.0284. The summed E-state index contributed by atoms with van der Waals surface area (Å²) in [5, 5.41) is 2.94. The van der Waals surface area contributed by atoms with Crippen molar-refractivity contribution in [3.8, 4) is 0 Å². The van der Waals surface area contributed by atoms with Crippen molar-refractivity contribution in [2.75, 3.05) is 0 Å². The summed E-state index contributed by atoms with van der Waals surface area (Å²) in [6.45, 7) is 0. The van der Waals surface area contributed by atoms with Gasteiger partial charge in [-0.05, 0) is 56.3 Å². The van der Waals surface area contributed by atoms with E-state index in [1.165, 1.54) is 31.8 Å². The van der Waals surface area contributed by atoms with Crippen molar-refractivity contribution in [3.05, 3.63) is 11.6 Å². The van der Waals surface area contributed by atoms with Gasteiger partial charge in [-0.25, -0.2) is 9.98 Å². The normalized spacial score (nSPS) is 41.3. The zero-order valence-corrected chi connectivity index (χ0v) is 12.7. The fourth-order valence-corrected chi connectivity index (χ4v) is 5.67. The van der Waals surface area contributed by atoms with E-state index >= 15 is 0 Å². The van der Waals surface area contributed by atoms with Crippen molar-refractivity contribution in [2.24, 2.45) is 33.2 Å². The van der Waals surface area contributed by atoms with Crippen molar-refractivity contribution in [1.29, 1.82) is 0 Å². The smallest absolute Gasteiger partial charge is 0.335 e. The first-order valence-electron chi connectivity index (χ1n) is 7.58. The van der Waals surface area contributed by atoms with E-state index in [-0.39, 0.29) is 10.9 Å². The maximum atomic E-state index is 11.5. The number of hydrogen-bond acceptors (Lipinski definition) is 4. The molecule has 114 valence electrons. The molecule has 4 fully saturated rings. The summed E-state index contributed by atoms with van der Waals surface area (Å²) in [5.41, 5.74) is -0.162. The van der Waals surface area contributed by atoms with E-state index in [0.717, 1.165) is 42.9 Å². The van der Waals surface area contributed by atoms with Gasteiger partial charge in [-0.15, -0.1) is 0 Å². The Morgan fingerprint density at radius 2 is 1.71 bits per heavy atom. The van der Waals surface area contributed by atoms with Crippen LogP contribution in [0.4, 0.5) is 0 Å². The Balaban J connectivity index is 1.67. The third-order valence-electron chi connectivity index (χ3n) is 5.55. The molecule has 0 aromatic rings. The highest BCUT2D eigenvalue weighted by atomic mass is 31.2. The summed E-state index contributed by atoms with van der Waals surface area (Å²) in [7, 11) is -4.34. The van der Waals surface area contributed by atoms with Crippen LogP contribution in [0.2, 0.25) is 0 Å². The highest BCUT2D eigenvalue weighted by Gasteiger charge is 2.53. The lowest BCUT2D eigenvalue weighted by atomic mass is 9.49. The molecule has 6 nitrogen and oxygen atoms in total. The first-order chi connectivity index (χ1) is 9.95. The minimum Gasteiger partial charge on any atom is -0.335 e. The first kappa shape index (κ1) is 13.7. The van der Waals surface area contributed by atoms with Crippen LogP contribution in [0.15, 0.2) is 21.6 Å². The van der Waals surface area contributed by atoms with Gasteiger partial charge in [0.1, 0.15) is 17.6 Å². The fraction of sp³-hybridized carbons (Fsp3) is 0.714. The molecule has 4 bridgehead atoms. The van der Waals surface area contributed by atoms with Gasteiger partial charge >= 0.3 is 7.60 Å². The molecule has 5 aliphatic rings. The van der Waals surface area contributed by atoms with E-state index in [9.17, 15) is 14.4 Å². The van der Waals surface area contributed by atoms with Crippen molar-refractivity contribution in [3.63, 3.8) is 0 Å². The molecule has 4 saturated carbocycles. The minimum atomic E-state index is -4.34. The zero-order valence-electron chi connectivity index (χ0n) is 11.8. The molecule has 0 saturated heterocycles. The molecule has 21 heavy (non-hydrogen) atoms. The van der Waals surface area contributed by atoms with Crippen molar-refractivity contribution in [1.82, 2.24) is 5.32 Å². The van der Waals surface area contributed by atoms with Crippen LogP contribution in [0.1, 0.15) is 38.5 Å². The van der Waals surface area contributed by atoms with Crippen LogP contribution in [-0.2, 0) is 4.57 Å². The number of hydrogen-bond donors (Lipinski definition) is 3. The number of rotatable bonds is 2. The summed E-state index contributed by atoms with van der Waals surface area (Å²) >= 11 is 0. The van der Waals surface area contributed by atoms with E-state index in [1.807, 2.05) is 0 Å². The highest BCUT2D eigenvalue weighted by molar-refractivity contribution is 7.56. The van der Waals surface area contributed by atoms with Crippen LogP contribution < -0.4 is 5.32 Å². The van der Waals surface area contributed by atoms with Crippen molar-refractivity contribution < 1.29 is 14.4 Å². The largest absolute Gasteiger partial charge is 0.373 e. The Morgan fingerprint density at radius 1 is 1.14 bits per heavy atom. The molecule has 4 aliphatic carbocycles. The van der Waals surface area contributed by atoms with Crippen LogP contribution in [-0.4, -0.2) is 22.0 Å². The lowest BCUT2D eigenvalue weighted by Gasteiger charge is -2.56. The topological polar surface area (TPSA) is 94.3 Å². The van der Waals surface area contributed by atoms with Gasteiger partial charge in [0.05, 0.1) is 6.20 Å². The molecule has 0 radical (unpaired) electrons. The van der Waals surface area contributed by atoms with Crippen LogP contribution in [0.5, 0.6) is 0 Å². The summed E-state index contributed by atoms with van der Waals surface area (Å²) in [5.74, 6) is 2.98. The Kier molecular flexibility index (Phi) is 2.94. The molecule has 1 aliphatic heterocycles. The monoisotopic (exact) mass is 309 g/mol. The molecule has 0 spiro atoms. The molecule has 0 amide bonds. The quantitative estimate of drug-likeness (QED) is 0.682. The van der Waals surface area contributed by atoms with Crippen LogP contribution >= 0.6 is 7.60 Å². The molecule has 7 heteroatoms. The standard InChI is InChI=1S/C14H20N3O3P/c18-21(19,20)12-7-15-8-16-13(17-12)14-4-9-1-10(5-14)3-11(2-9)6-14/h7-11H,1-6H2,(H,15,16,17)(H2,18,19,20). The van der Waals surface area contributed by atoms with E-state index in [1.54, 1.807) is 0 Å². The second kappa shape index (κ2) is 4.51. The molecule has 0 aromatic carbocycles. The fourth-order valence-electron chi connectivity index (χ4n) is 5.20. The van der Waals surface area contributed by atoms with Crippen molar-refractivity contribution >= 4 is 19.8 Å².